The third kappa shape index (κ3) is 5.45. The largest absolute Gasteiger partial charge is 0.480 e. The number of rotatable bonds is 5. The number of carbonyl (C=O) groups is 4. The van der Waals surface area contributed by atoms with Crippen LogP contribution in [0.15, 0.2) is 24.3 Å². The van der Waals surface area contributed by atoms with Gasteiger partial charge in [0, 0.05) is 6.42 Å². The van der Waals surface area contributed by atoms with Gasteiger partial charge in [-0.3, -0.25) is 14.5 Å². The lowest BCUT2D eigenvalue weighted by atomic mass is 9.93. The lowest BCUT2D eigenvalue weighted by molar-refractivity contribution is -0.144. The van der Waals surface area contributed by atoms with Crippen LogP contribution in [0.1, 0.15) is 38.3 Å². The third-order valence-corrected chi connectivity index (χ3v) is 4.20. The summed E-state index contributed by atoms with van der Waals surface area (Å²) in [6.07, 6.45) is -1.02. The molecule has 2 atom stereocenters. The first-order valence-corrected chi connectivity index (χ1v) is 8.86. The van der Waals surface area contributed by atoms with Crippen LogP contribution < -0.4 is 11.1 Å². The molecular formula is C19H25N3O6. The van der Waals surface area contributed by atoms with Crippen LogP contribution in [0.2, 0.25) is 0 Å². The van der Waals surface area contributed by atoms with E-state index in [2.05, 4.69) is 5.32 Å². The molecule has 0 aliphatic carbocycles. The fourth-order valence-corrected chi connectivity index (χ4v) is 2.94. The van der Waals surface area contributed by atoms with Gasteiger partial charge < -0.3 is 20.9 Å². The Balaban J connectivity index is 2.28. The van der Waals surface area contributed by atoms with Crippen LogP contribution in [0.25, 0.3) is 0 Å². The molecule has 0 unspecified atom stereocenters. The average Bonchev–Trinajstić information content (AvgIpc) is 2.57. The normalized spacial score (nSPS) is 17.2. The van der Waals surface area contributed by atoms with Crippen molar-refractivity contribution in [2.75, 3.05) is 0 Å². The van der Waals surface area contributed by atoms with E-state index in [9.17, 15) is 24.3 Å². The number of carbonyl (C=O) groups excluding carboxylic acids is 3. The lowest BCUT2D eigenvalue weighted by Crippen LogP contribution is -2.56. The van der Waals surface area contributed by atoms with E-state index >= 15 is 0 Å². The first-order chi connectivity index (χ1) is 13.0. The first kappa shape index (κ1) is 21.2. The van der Waals surface area contributed by atoms with E-state index in [0.717, 1.165) is 11.1 Å². The summed E-state index contributed by atoms with van der Waals surface area (Å²) in [4.78, 5) is 49.2. The van der Waals surface area contributed by atoms with Crippen molar-refractivity contribution in [3.05, 3.63) is 35.4 Å². The van der Waals surface area contributed by atoms with Gasteiger partial charge in [0.05, 0.1) is 13.0 Å². The fourth-order valence-electron chi connectivity index (χ4n) is 2.94. The van der Waals surface area contributed by atoms with Crippen molar-refractivity contribution in [3.8, 4) is 0 Å². The third-order valence-electron chi connectivity index (χ3n) is 4.20. The number of hydrogen-bond acceptors (Lipinski definition) is 5. The van der Waals surface area contributed by atoms with E-state index in [1.54, 1.807) is 20.8 Å². The molecule has 9 nitrogen and oxygen atoms in total. The Morgan fingerprint density at radius 3 is 2.39 bits per heavy atom. The predicted octanol–water partition coefficient (Wildman–Crippen LogP) is 0.793. The second-order valence-corrected chi connectivity index (χ2v) is 7.67. The van der Waals surface area contributed by atoms with Crippen molar-refractivity contribution >= 4 is 23.9 Å². The average molecular weight is 391 g/mol. The van der Waals surface area contributed by atoms with Gasteiger partial charge in [-0.15, -0.1) is 0 Å². The maximum absolute atomic E-state index is 12.8. The Hall–Kier alpha value is -3.10. The molecule has 0 radical (unpaired) electrons. The Kier molecular flexibility index (Phi) is 6.27. The number of ether oxygens (including phenoxy) is 1. The maximum atomic E-state index is 12.8. The molecule has 0 saturated carbocycles. The molecule has 2 rings (SSSR count). The Morgan fingerprint density at radius 2 is 1.86 bits per heavy atom. The van der Waals surface area contributed by atoms with Gasteiger partial charge in [0.1, 0.15) is 17.7 Å². The number of fused-ring (bicyclic) bond motifs is 1. The van der Waals surface area contributed by atoms with E-state index in [4.69, 9.17) is 10.5 Å². The van der Waals surface area contributed by atoms with Gasteiger partial charge in [0.2, 0.25) is 11.8 Å². The van der Waals surface area contributed by atoms with E-state index in [1.807, 2.05) is 24.3 Å². The zero-order valence-electron chi connectivity index (χ0n) is 16.1. The van der Waals surface area contributed by atoms with Crippen molar-refractivity contribution in [2.45, 2.75) is 57.8 Å². The molecule has 0 fully saturated rings. The molecule has 152 valence electrons. The van der Waals surface area contributed by atoms with Crippen LogP contribution in [0.3, 0.4) is 0 Å². The molecular weight excluding hydrogens is 366 g/mol. The van der Waals surface area contributed by atoms with Gasteiger partial charge in [0.15, 0.2) is 0 Å². The van der Waals surface area contributed by atoms with Crippen LogP contribution in [-0.2, 0) is 32.1 Å². The first-order valence-electron chi connectivity index (χ1n) is 8.86. The summed E-state index contributed by atoms with van der Waals surface area (Å²) in [5, 5.41) is 11.5. The number of carboxylic acids is 1. The highest BCUT2D eigenvalue weighted by molar-refractivity contribution is 5.92. The number of amides is 3. The minimum atomic E-state index is -1.47. The molecule has 3 amide bonds. The van der Waals surface area contributed by atoms with Crippen molar-refractivity contribution in [1.29, 1.82) is 0 Å². The Morgan fingerprint density at radius 1 is 1.25 bits per heavy atom. The molecule has 1 aromatic rings. The molecule has 1 heterocycles. The van der Waals surface area contributed by atoms with E-state index in [-0.39, 0.29) is 13.0 Å². The van der Waals surface area contributed by atoms with Gasteiger partial charge in [-0.1, -0.05) is 24.3 Å². The number of hydrogen-bond donors (Lipinski definition) is 3. The highest BCUT2D eigenvalue weighted by Crippen LogP contribution is 2.25. The smallest absolute Gasteiger partial charge is 0.411 e. The van der Waals surface area contributed by atoms with Crippen LogP contribution in [0, 0.1) is 0 Å². The number of primary amides is 1. The quantitative estimate of drug-likeness (QED) is 0.678. The molecule has 0 bridgehead atoms. The van der Waals surface area contributed by atoms with E-state index in [0.29, 0.717) is 0 Å². The van der Waals surface area contributed by atoms with Crippen molar-refractivity contribution in [3.63, 3.8) is 0 Å². The summed E-state index contributed by atoms with van der Waals surface area (Å²) in [5.74, 6) is -2.92. The van der Waals surface area contributed by atoms with Crippen molar-refractivity contribution < 1.29 is 29.0 Å². The minimum Gasteiger partial charge on any atom is -0.480 e. The monoisotopic (exact) mass is 391 g/mol. The van der Waals surface area contributed by atoms with E-state index < -0.39 is 48.0 Å². The molecule has 1 aromatic carbocycles. The van der Waals surface area contributed by atoms with Crippen molar-refractivity contribution in [1.82, 2.24) is 10.2 Å². The summed E-state index contributed by atoms with van der Waals surface area (Å²) in [6.45, 7) is 5.29. The summed E-state index contributed by atoms with van der Waals surface area (Å²) in [6, 6.07) is 4.92. The highest BCUT2D eigenvalue weighted by atomic mass is 16.6. The molecule has 0 spiro atoms. The van der Waals surface area contributed by atoms with Gasteiger partial charge in [-0.05, 0) is 31.9 Å². The number of aliphatic carboxylic acids is 1. The summed E-state index contributed by atoms with van der Waals surface area (Å²) in [7, 11) is 0. The zero-order valence-corrected chi connectivity index (χ0v) is 16.1. The van der Waals surface area contributed by atoms with Crippen molar-refractivity contribution in [2.24, 2.45) is 5.73 Å². The number of nitrogens with zero attached hydrogens (tertiary/aromatic N) is 1. The second kappa shape index (κ2) is 8.28. The van der Waals surface area contributed by atoms with Crippen LogP contribution in [0.5, 0.6) is 0 Å². The van der Waals surface area contributed by atoms with Gasteiger partial charge >= 0.3 is 12.1 Å². The fraction of sp³-hybridized carbons (Fsp3) is 0.474. The number of nitrogens with two attached hydrogens (primary N) is 1. The van der Waals surface area contributed by atoms with Crippen LogP contribution >= 0.6 is 0 Å². The molecule has 9 heteroatoms. The van der Waals surface area contributed by atoms with Crippen LogP contribution in [-0.4, -0.2) is 51.6 Å². The zero-order chi connectivity index (χ0) is 21.1. The molecule has 4 N–H and O–H groups in total. The topological polar surface area (TPSA) is 139 Å². The molecule has 0 aromatic heterocycles. The van der Waals surface area contributed by atoms with Gasteiger partial charge in [-0.25, -0.2) is 9.59 Å². The summed E-state index contributed by atoms with van der Waals surface area (Å²) < 4.78 is 5.41. The maximum Gasteiger partial charge on any atom is 0.411 e. The molecule has 1 aliphatic heterocycles. The Labute approximate surface area is 162 Å². The minimum absolute atomic E-state index is 0.150. The molecule has 28 heavy (non-hydrogen) atoms. The molecule has 1 aliphatic rings. The molecule has 0 saturated heterocycles. The van der Waals surface area contributed by atoms with Gasteiger partial charge in [0.25, 0.3) is 0 Å². The van der Waals surface area contributed by atoms with Gasteiger partial charge in [-0.2, -0.15) is 0 Å². The number of benzene rings is 1. The Bertz CT molecular complexity index is 786. The van der Waals surface area contributed by atoms with E-state index in [1.165, 1.54) is 4.90 Å². The standard InChI is InChI=1S/C19H25N3O6/c1-19(2,3)28-18(27)22-10-12-7-5-4-6-11(12)8-14(22)16(24)21-13(17(25)26)9-15(20)23/h4-7,13-14H,8-10H2,1-3H3,(H2,20,23)(H,21,24)(H,25,26)/t13-,14-/m0/s1. The second-order valence-electron chi connectivity index (χ2n) is 7.67. The lowest BCUT2D eigenvalue weighted by Gasteiger charge is -2.37. The summed E-state index contributed by atoms with van der Waals surface area (Å²) in [5.41, 5.74) is 6.05. The SMILES string of the molecule is CC(C)(C)OC(=O)N1Cc2ccccc2C[C@H]1C(=O)N[C@@H](CC(N)=O)C(=O)O. The number of nitrogens with one attached hydrogen (secondary N) is 1. The highest BCUT2D eigenvalue weighted by Gasteiger charge is 2.38. The van der Waals surface area contributed by atoms with Crippen LogP contribution in [0.4, 0.5) is 4.79 Å². The number of carboxylic acid groups (broad SMARTS) is 1. The summed E-state index contributed by atoms with van der Waals surface area (Å²) >= 11 is 0. The predicted molar refractivity (Wildman–Crippen MR) is 99.1 cm³/mol.